The standard InChI is InChI=1S/C21H23ClN4O2/c1-2-25-18-5-3-4-6-19(18)26(21(25)28)15-20(27)24-13-11-23(12-14-24)17-9-7-16(22)8-10-17/h3-10H,2,11-15H2,1H3. The zero-order chi connectivity index (χ0) is 19.7. The van der Waals surface area contributed by atoms with Gasteiger partial charge < -0.3 is 9.80 Å². The summed E-state index contributed by atoms with van der Waals surface area (Å²) in [5.41, 5.74) is 2.66. The monoisotopic (exact) mass is 398 g/mol. The number of carbonyl (C=O) groups excluding carboxylic acids is 1. The van der Waals surface area contributed by atoms with Crippen LogP contribution in [0.4, 0.5) is 5.69 Å². The summed E-state index contributed by atoms with van der Waals surface area (Å²) in [5, 5.41) is 0.717. The quantitative estimate of drug-likeness (QED) is 0.679. The lowest BCUT2D eigenvalue weighted by molar-refractivity contribution is -0.132. The molecule has 2 heterocycles. The highest BCUT2D eigenvalue weighted by molar-refractivity contribution is 6.30. The van der Waals surface area contributed by atoms with E-state index in [1.165, 1.54) is 0 Å². The molecule has 0 saturated carbocycles. The van der Waals surface area contributed by atoms with Crippen molar-refractivity contribution in [1.29, 1.82) is 0 Å². The van der Waals surface area contributed by atoms with Crippen LogP contribution in [0.1, 0.15) is 6.92 Å². The molecule has 1 fully saturated rings. The van der Waals surface area contributed by atoms with Crippen LogP contribution in [0.25, 0.3) is 11.0 Å². The van der Waals surface area contributed by atoms with E-state index in [4.69, 9.17) is 11.6 Å². The number of carbonyl (C=O) groups is 1. The number of anilines is 1. The molecule has 1 aliphatic rings. The molecule has 1 amide bonds. The van der Waals surface area contributed by atoms with Gasteiger partial charge in [-0.3, -0.25) is 13.9 Å². The molecule has 0 aliphatic carbocycles. The Bertz CT molecular complexity index is 1050. The van der Waals surface area contributed by atoms with E-state index in [0.717, 1.165) is 29.8 Å². The molecule has 0 radical (unpaired) electrons. The summed E-state index contributed by atoms with van der Waals surface area (Å²) < 4.78 is 3.30. The van der Waals surface area contributed by atoms with Crippen LogP contribution in [-0.4, -0.2) is 46.1 Å². The van der Waals surface area contributed by atoms with Gasteiger partial charge in [0.15, 0.2) is 0 Å². The Kier molecular flexibility index (Phi) is 5.13. The molecule has 0 bridgehead atoms. The van der Waals surface area contributed by atoms with E-state index in [0.29, 0.717) is 24.7 Å². The van der Waals surface area contributed by atoms with Crippen LogP contribution in [0.15, 0.2) is 53.3 Å². The number of aryl methyl sites for hydroxylation is 1. The molecule has 146 valence electrons. The number of hydrogen-bond donors (Lipinski definition) is 0. The smallest absolute Gasteiger partial charge is 0.329 e. The normalized spacial score (nSPS) is 14.6. The summed E-state index contributed by atoms with van der Waals surface area (Å²) in [6.07, 6.45) is 0. The van der Waals surface area contributed by atoms with E-state index in [2.05, 4.69) is 4.90 Å². The van der Waals surface area contributed by atoms with Gasteiger partial charge in [0.2, 0.25) is 5.91 Å². The topological polar surface area (TPSA) is 50.5 Å². The molecule has 0 atom stereocenters. The first-order chi connectivity index (χ1) is 13.6. The number of aromatic nitrogens is 2. The van der Waals surface area contributed by atoms with Crippen LogP contribution in [0.3, 0.4) is 0 Å². The maximum atomic E-state index is 12.9. The average Bonchev–Trinajstić information content (AvgIpc) is 2.99. The molecule has 1 saturated heterocycles. The number of fused-ring (bicyclic) bond motifs is 1. The Morgan fingerprint density at radius 3 is 2.14 bits per heavy atom. The van der Waals surface area contributed by atoms with E-state index < -0.39 is 0 Å². The predicted octanol–water partition coefficient (Wildman–Crippen LogP) is 2.83. The zero-order valence-electron chi connectivity index (χ0n) is 15.8. The Morgan fingerprint density at radius 2 is 1.54 bits per heavy atom. The van der Waals surface area contributed by atoms with Crippen molar-refractivity contribution >= 4 is 34.2 Å². The van der Waals surface area contributed by atoms with Crippen LogP contribution in [0.2, 0.25) is 5.02 Å². The summed E-state index contributed by atoms with van der Waals surface area (Å²) in [6.45, 7) is 5.41. The Hall–Kier alpha value is -2.73. The summed E-state index contributed by atoms with van der Waals surface area (Å²) in [4.78, 5) is 29.7. The van der Waals surface area contributed by atoms with Gasteiger partial charge in [0.05, 0.1) is 11.0 Å². The number of rotatable bonds is 4. The summed E-state index contributed by atoms with van der Waals surface area (Å²) in [5.74, 6) is -0.0168. The maximum Gasteiger partial charge on any atom is 0.329 e. The van der Waals surface area contributed by atoms with Crippen LogP contribution >= 0.6 is 11.6 Å². The van der Waals surface area contributed by atoms with Crippen molar-refractivity contribution in [1.82, 2.24) is 14.0 Å². The van der Waals surface area contributed by atoms with Crippen molar-refractivity contribution in [2.45, 2.75) is 20.0 Å². The third-order valence-corrected chi connectivity index (χ3v) is 5.61. The van der Waals surface area contributed by atoms with Gasteiger partial charge in [-0.25, -0.2) is 4.79 Å². The zero-order valence-corrected chi connectivity index (χ0v) is 16.6. The van der Waals surface area contributed by atoms with E-state index in [-0.39, 0.29) is 18.1 Å². The fraction of sp³-hybridized carbons (Fsp3) is 0.333. The lowest BCUT2D eigenvalue weighted by Crippen LogP contribution is -2.50. The van der Waals surface area contributed by atoms with Crippen molar-refractivity contribution in [3.05, 3.63) is 64.0 Å². The van der Waals surface area contributed by atoms with Crippen molar-refractivity contribution in [3.63, 3.8) is 0 Å². The molecule has 0 unspecified atom stereocenters. The number of nitrogens with zero attached hydrogens (tertiary/aromatic N) is 4. The van der Waals surface area contributed by atoms with Crippen molar-refractivity contribution in [2.75, 3.05) is 31.1 Å². The molecular weight excluding hydrogens is 376 g/mol. The van der Waals surface area contributed by atoms with Gasteiger partial charge in [-0.15, -0.1) is 0 Å². The summed E-state index contributed by atoms with van der Waals surface area (Å²) in [6, 6.07) is 15.4. The first-order valence-corrected chi connectivity index (χ1v) is 9.92. The van der Waals surface area contributed by atoms with Gasteiger partial charge in [-0.05, 0) is 43.3 Å². The van der Waals surface area contributed by atoms with E-state index in [1.807, 2.05) is 60.4 Å². The molecule has 0 N–H and O–H groups in total. The molecule has 1 aromatic heterocycles. The predicted molar refractivity (Wildman–Crippen MR) is 112 cm³/mol. The Labute approximate surface area is 168 Å². The van der Waals surface area contributed by atoms with Crippen LogP contribution in [-0.2, 0) is 17.9 Å². The second-order valence-electron chi connectivity index (χ2n) is 6.95. The fourth-order valence-corrected chi connectivity index (χ4v) is 3.96. The number of amides is 1. The summed E-state index contributed by atoms with van der Waals surface area (Å²) in [7, 11) is 0. The van der Waals surface area contributed by atoms with E-state index in [1.54, 1.807) is 9.13 Å². The van der Waals surface area contributed by atoms with Crippen molar-refractivity contribution in [2.24, 2.45) is 0 Å². The van der Waals surface area contributed by atoms with Crippen LogP contribution < -0.4 is 10.6 Å². The Morgan fingerprint density at radius 1 is 0.929 bits per heavy atom. The van der Waals surface area contributed by atoms with Gasteiger partial charge in [0.1, 0.15) is 6.54 Å². The minimum Gasteiger partial charge on any atom is -0.368 e. The van der Waals surface area contributed by atoms with Crippen molar-refractivity contribution in [3.8, 4) is 0 Å². The molecule has 0 spiro atoms. The Balaban J connectivity index is 1.47. The van der Waals surface area contributed by atoms with Gasteiger partial charge in [-0.2, -0.15) is 0 Å². The lowest BCUT2D eigenvalue weighted by atomic mass is 10.2. The fourth-order valence-electron chi connectivity index (χ4n) is 3.83. The summed E-state index contributed by atoms with van der Waals surface area (Å²) >= 11 is 5.96. The molecule has 6 nitrogen and oxygen atoms in total. The largest absolute Gasteiger partial charge is 0.368 e. The van der Waals surface area contributed by atoms with Crippen LogP contribution in [0.5, 0.6) is 0 Å². The third-order valence-electron chi connectivity index (χ3n) is 5.36. The highest BCUT2D eigenvalue weighted by Crippen LogP contribution is 2.20. The number of imidazole rings is 1. The minimum atomic E-state index is -0.128. The highest BCUT2D eigenvalue weighted by atomic mass is 35.5. The van der Waals surface area contributed by atoms with Gasteiger partial charge in [0.25, 0.3) is 0 Å². The average molecular weight is 399 g/mol. The number of piperazine rings is 1. The number of para-hydroxylation sites is 2. The van der Waals surface area contributed by atoms with E-state index in [9.17, 15) is 9.59 Å². The van der Waals surface area contributed by atoms with Crippen molar-refractivity contribution < 1.29 is 4.79 Å². The molecule has 2 aromatic carbocycles. The van der Waals surface area contributed by atoms with E-state index >= 15 is 0 Å². The van der Waals surface area contributed by atoms with Gasteiger partial charge in [-0.1, -0.05) is 23.7 Å². The molecule has 1 aliphatic heterocycles. The number of halogens is 1. The molecular formula is C21H23ClN4O2. The second kappa shape index (κ2) is 7.72. The SMILES string of the molecule is CCn1c(=O)n(CC(=O)N2CCN(c3ccc(Cl)cc3)CC2)c2ccccc21. The molecule has 3 aromatic rings. The highest BCUT2D eigenvalue weighted by Gasteiger charge is 2.23. The minimum absolute atomic E-state index is 0.0168. The van der Waals surface area contributed by atoms with Crippen LogP contribution in [0, 0.1) is 0 Å². The number of benzene rings is 2. The van der Waals surface area contributed by atoms with Gasteiger partial charge >= 0.3 is 5.69 Å². The first kappa shape index (κ1) is 18.6. The number of hydrogen-bond acceptors (Lipinski definition) is 3. The first-order valence-electron chi connectivity index (χ1n) is 9.55. The molecule has 4 rings (SSSR count). The van der Waals surface area contributed by atoms with Gasteiger partial charge in [0, 0.05) is 43.4 Å². The molecule has 7 heteroatoms. The maximum absolute atomic E-state index is 12.9. The lowest BCUT2D eigenvalue weighted by Gasteiger charge is -2.36. The molecule has 28 heavy (non-hydrogen) atoms. The second-order valence-corrected chi connectivity index (χ2v) is 7.38. The third kappa shape index (κ3) is 3.40.